The predicted molar refractivity (Wildman–Crippen MR) is 96.1 cm³/mol. The van der Waals surface area contributed by atoms with E-state index in [0.717, 1.165) is 12.8 Å². The lowest BCUT2D eigenvalue weighted by Crippen LogP contribution is -2.40. The van der Waals surface area contributed by atoms with Crippen LogP contribution in [-0.2, 0) is 9.53 Å². The van der Waals surface area contributed by atoms with Crippen molar-refractivity contribution in [2.45, 2.75) is 19.8 Å². The molecule has 8 nitrogen and oxygen atoms in total. The molecule has 0 saturated carbocycles. The van der Waals surface area contributed by atoms with Gasteiger partial charge in [0.2, 0.25) is 5.76 Å². The minimum absolute atomic E-state index is 0.0246. The van der Waals surface area contributed by atoms with Crippen LogP contribution in [0.15, 0.2) is 40.8 Å². The number of carbonyl (C=O) groups is 2. The van der Waals surface area contributed by atoms with E-state index in [1.54, 1.807) is 11.0 Å². The molecule has 8 heteroatoms. The molecule has 142 valence electrons. The zero-order valence-electron chi connectivity index (χ0n) is 14.9. The highest BCUT2D eigenvalue weighted by Gasteiger charge is 2.22. The van der Waals surface area contributed by atoms with Crippen LogP contribution in [-0.4, -0.2) is 41.4 Å². The first-order chi connectivity index (χ1) is 12.9. The summed E-state index contributed by atoms with van der Waals surface area (Å²) in [6.07, 6.45) is 1.91. The van der Waals surface area contributed by atoms with E-state index in [-0.39, 0.29) is 24.0 Å². The molecule has 3 rings (SSSR count). The Morgan fingerprint density at radius 3 is 2.48 bits per heavy atom. The number of hydrogen-bond acceptors (Lipinski definition) is 6. The number of nitro groups is 1. The van der Waals surface area contributed by atoms with Crippen LogP contribution in [0.2, 0.25) is 0 Å². The molecule has 1 aliphatic rings. The molecule has 1 aliphatic heterocycles. The summed E-state index contributed by atoms with van der Waals surface area (Å²) in [5.74, 6) is 0.0356. The quantitative estimate of drug-likeness (QED) is 0.453. The van der Waals surface area contributed by atoms with Gasteiger partial charge in [-0.05, 0) is 43.0 Å². The lowest BCUT2D eigenvalue weighted by atomic mass is 9.99. The molecule has 0 N–H and O–H groups in total. The fourth-order valence-electron chi connectivity index (χ4n) is 2.90. The minimum Gasteiger partial charge on any atom is -0.450 e. The Morgan fingerprint density at radius 2 is 1.85 bits per heavy atom. The number of hydrogen-bond donors (Lipinski definition) is 0. The highest BCUT2D eigenvalue weighted by molar-refractivity contribution is 5.89. The molecule has 0 spiro atoms. The van der Waals surface area contributed by atoms with Crippen molar-refractivity contribution in [1.82, 2.24) is 4.90 Å². The molecule has 1 amide bonds. The third-order valence-electron chi connectivity index (χ3n) is 4.63. The second-order valence-electron chi connectivity index (χ2n) is 6.61. The molecule has 0 unspecified atom stereocenters. The smallest absolute Gasteiger partial charge is 0.374 e. The normalized spacial score (nSPS) is 14.8. The van der Waals surface area contributed by atoms with E-state index in [2.05, 4.69) is 6.92 Å². The molecule has 1 fully saturated rings. The van der Waals surface area contributed by atoms with Gasteiger partial charge < -0.3 is 14.1 Å². The average molecular weight is 372 g/mol. The number of nitrogens with zero attached hydrogens (tertiary/aromatic N) is 2. The first-order valence-corrected chi connectivity index (χ1v) is 8.73. The Kier molecular flexibility index (Phi) is 5.54. The molecule has 2 heterocycles. The Hall–Kier alpha value is -3.16. The van der Waals surface area contributed by atoms with E-state index in [1.165, 1.54) is 30.3 Å². The molecule has 1 aromatic heterocycles. The number of esters is 1. The monoisotopic (exact) mass is 372 g/mol. The zero-order chi connectivity index (χ0) is 19.4. The lowest BCUT2D eigenvalue weighted by Gasteiger charge is -2.30. The van der Waals surface area contributed by atoms with Gasteiger partial charge in [0.1, 0.15) is 5.76 Å². The van der Waals surface area contributed by atoms with Crippen LogP contribution in [0.4, 0.5) is 5.69 Å². The molecule has 2 aromatic rings. The van der Waals surface area contributed by atoms with Gasteiger partial charge in [0.05, 0.1) is 4.92 Å². The number of non-ortho nitro benzene ring substituents is 1. The summed E-state index contributed by atoms with van der Waals surface area (Å²) in [5, 5.41) is 10.7. The fraction of sp³-hybridized carbons (Fsp3) is 0.368. The second-order valence-corrected chi connectivity index (χ2v) is 6.61. The fourth-order valence-corrected chi connectivity index (χ4v) is 2.90. The zero-order valence-corrected chi connectivity index (χ0v) is 14.9. The van der Waals surface area contributed by atoms with E-state index >= 15 is 0 Å². The Labute approximate surface area is 155 Å². The lowest BCUT2D eigenvalue weighted by molar-refractivity contribution is -0.384. The van der Waals surface area contributed by atoms with Gasteiger partial charge in [-0.2, -0.15) is 0 Å². The first kappa shape index (κ1) is 18.6. The molecular weight excluding hydrogens is 352 g/mol. The number of furan rings is 1. The highest BCUT2D eigenvalue weighted by atomic mass is 16.6. The molecule has 27 heavy (non-hydrogen) atoms. The first-order valence-electron chi connectivity index (χ1n) is 8.73. The van der Waals surface area contributed by atoms with Crippen molar-refractivity contribution < 1.29 is 23.7 Å². The van der Waals surface area contributed by atoms with Gasteiger partial charge in [-0.15, -0.1) is 0 Å². The summed E-state index contributed by atoms with van der Waals surface area (Å²) in [7, 11) is 0. The van der Waals surface area contributed by atoms with Crippen LogP contribution in [0.5, 0.6) is 0 Å². The van der Waals surface area contributed by atoms with Gasteiger partial charge in [-0.25, -0.2) is 4.79 Å². The minimum atomic E-state index is -0.720. The van der Waals surface area contributed by atoms with Crippen molar-refractivity contribution in [3.05, 3.63) is 52.3 Å². The second kappa shape index (κ2) is 8.03. The highest BCUT2D eigenvalue weighted by Crippen LogP contribution is 2.25. The van der Waals surface area contributed by atoms with E-state index in [0.29, 0.717) is 30.3 Å². The summed E-state index contributed by atoms with van der Waals surface area (Å²) < 4.78 is 10.5. The molecule has 1 aromatic carbocycles. The maximum Gasteiger partial charge on any atom is 0.374 e. The van der Waals surface area contributed by atoms with Crippen LogP contribution in [0, 0.1) is 16.0 Å². The van der Waals surface area contributed by atoms with Crippen LogP contribution in [0.3, 0.4) is 0 Å². The maximum atomic E-state index is 12.1. The Balaban J connectivity index is 1.56. The standard InChI is InChI=1S/C19H20N2O6/c1-13-8-10-20(11-9-13)18(22)12-26-19(23)17-7-6-16(27-17)14-2-4-15(5-3-14)21(24)25/h2-7,13H,8-12H2,1H3. The number of piperidine rings is 1. The van der Waals surface area contributed by atoms with Crippen LogP contribution < -0.4 is 0 Å². The van der Waals surface area contributed by atoms with Crippen molar-refractivity contribution in [1.29, 1.82) is 0 Å². The Bertz CT molecular complexity index is 834. The van der Waals surface area contributed by atoms with E-state index < -0.39 is 10.9 Å². The number of benzene rings is 1. The number of nitro benzene ring substituents is 1. The molecule has 0 radical (unpaired) electrons. The van der Waals surface area contributed by atoms with E-state index in [1.807, 2.05) is 0 Å². The summed E-state index contributed by atoms with van der Waals surface area (Å²) in [6.45, 7) is 3.20. The summed E-state index contributed by atoms with van der Waals surface area (Å²) in [5.41, 5.74) is 0.564. The SMILES string of the molecule is CC1CCN(C(=O)COC(=O)c2ccc(-c3ccc([N+](=O)[O-])cc3)o2)CC1. The number of ether oxygens (including phenoxy) is 1. The number of carbonyl (C=O) groups excluding carboxylic acids is 2. The van der Waals surface area contributed by atoms with Crippen molar-refractivity contribution in [2.24, 2.45) is 5.92 Å². The van der Waals surface area contributed by atoms with Gasteiger partial charge in [0.15, 0.2) is 6.61 Å². The largest absolute Gasteiger partial charge is 0.450 e. The van der Waals surface area contributed by atoms with Crippen molar-refractivity contribution in [3.63, 3.8) is 0 Å². The summed E-state index contributed by atoms with van der Waals surface area (Å²) in [6, 6.07) is 8.81. The molecular formula is C19H20N2O6. The van der Waals surface area contributed by atoms with Gasteiger partial charge in [-0.3, -0.25) is 14.9 Å². The van der Waals surface area contributed by atoms with Gasteiger partial charge >= 0.3 is 5.97 Å². The average Bonchev–Trinajstić information content (AvgIpc) is 3.17. The molecule has 1 saturated heterocycles. The number of amides is 1. The summed E-state index contributed by atoms with van der Waals surface area (Å²) in [4.78, 5) is 36.1. The van der Waals surface area contributed by atoms with Crippen molar-refractivity contribution in [3.8, 4) is 11.3 Å². The van der Waals surface area contributed by atoms with Crippen LogP contribution in [0.25, 0.3) is 11.3 Å². The van der Waals surface area contributed by atoms with Crippen molar-refractivity contribution >= 4 is 17.6 Å². The van der Waals surface area contributed by atoms with Gasteiger partial charge in [0.25, 0.3) is 11.6 Å². The van der Waals surface area contributed by atoms with Crippen molar-refractivity contribution in [2.75, 3.05) is 19.7 Å². The number of likely N-dealkylation sites (tertiary alicyclic amines) is 1. The van der Waals surface area contributed by atoms with E-state index in [4.69, 9.17) is 9.15 Å². The van der Waals surface area contributed by atoms with Gasteiger partial charge in [0, 0.05) is 30.8 Å². The maximum absolute atomic E-state index is 12.1. The van der Waals surface area contributed by atoms with Crippen LogP contribution >= 0.6 is 0 Å². The Morgan fingerprint density at radius 1 is 1.19 bits per heavy atom. The third-order valence-corrected chi connectivity index (χ3v) is 4.63. The molecule has 0 bridgehead atoms. The van der Waals surface area contributed by atoms with Crippen LogP contribution in [0.1, 0.15) is 30.3 Å². The predicted octanol–water partition coefficient (Wildman–Crippen LogP) is 3.27. The van der Waals surface area contributed by atoms with Gasteiger partial charge in [-0.1, -0.05) is 6.92 Å². The topological polar surface area (TPSA) is 103 Å². The third kappa shape index (κ3) is 4.52. The molecule has 0 aliphatic carbocycles. The molecule has 0 atom stereocenters. The summed E-state index contributed by atoms with van der Waals surface area (Å²) >= 11 is 0. The number of rotatable bonds is 5. The van der Waals surface area contributed by atoms with E-state index in [9.17, 15) is 19.7 Å².